The highest BCUT2D eigenvalue weighted by atomic mass is 35.5. The first-order chi connectivity index (χ1) is 11.8. The summed E-state index contributed by atoms with van der Waals surface area (Å²) >= 11 is 5.79. The van der Waals surface area contributed by atoms with E-state index >= 15 is 0 Å². The molecule has 0 aromatic heterocycles. The van der Waals surface area contributed by atoms with E-state index in [9.17, 15) is 14.0 Å². The first kappa shape index (κ1) is 19.5. The molecule has 1 unspecified atom stereocenters. The lowest BCUT2D eigenvalue weighted by molar-refractivity contribution is -0.142. The van der Waals surface area contributed by atoms with Crippen LogP contribution < -0.4 is 10.6 Å². The van der Waals surface area contributed by atoms with Gasteiger partial charge in [0.2, 0.25) is 0 Å². The topological polar surface area (TPSA) is 78.4 Å². The Balaban J connectivity index is 1.96. The van der Waals surface area contributed by atoms with Crippen molar-refractivity contribution in [1.29, 1.82) is 0 Å². The van der Waals surface area contributed by atoms with Crippen LogP contribution in [0.2, 0.25) is 5.02 Å². The van der Waals surface area contributed by atoms with E-state index in [4.69, 9.17) is 16.7 Å². The Morgan fingerprint density at radius 3 is 2.40 bits per heavy atom. The number of carbonyl (C=O) groups excluding carboxylic acids is 1. The Morgan fingerprint density at radius 2 is 1.88 bits per heavy atom. The number of carbonyl (C=O) groups is 2. The smallest absolute Gasteiger partial charge is 0.315 e. The summed E-state index contributed by atoms with van der Waals surface area (Å²) in [6.45, 7) is 3.80. The lowest BCUT2D eigenvalue weighted by Gasteiger charge is -2.29. The van der Waals surface area contributed by atoms with E-state index in [1.807, 2.05) is 13.8 Å². The van der Waals surface area contributed by atoms with Gasteiger partial charge in [0, 0.05) is 16.6 Å². The van der Waals surface area contributed by atoms with Crippen LogP contribution in [0.1, 0.15) is 51.1 Å². The number of amides is 2. The molecule has 25 heavy (non-hydrogen) atoms. The molecule has 1 aliphatic rings. The molecule has 0 bridgehead atoms. The summed E-state index contributed by atoms with van der Waals surface area (Å²) in [5.74, 6) is -1.56. The molecule has 3 N–H and O–H groups in total. The second-order valence-corrected chi connectivity index (χ2v) is 7.33. The number of hydrogen-bond acceptors (Lipinski definition) is 2. The summed E-state index contributed by atoms with van der Waals surface area (Å²) in [5, 5.41) is 15.0. The monoisotopic (exact) mass is 370 g/mol. The Bertz CT molecular complexity index is 631. The fraction of sp³-hybridized carbons (Fsp3) is 0.556. The van der Waals surface area contributed by atoms with E-state index in [2.05, 4.69) is 10.6 Å². The van der Waals surface area contributed by atoms with Crippen molar-refractivity contribution >= 4 is 23.6 Å². The predicted octanol–water partition coefficient (Wildman–Crippen LogP) is 4.12. The van der Waals surface area contributed by atoms with E-state index in [0.29, 0.717) is 36.3 Å². The molecular formula is C18H24ClFN2O3. The zero-order valence-corrected chi connectivity index (χ0v) is 15.1. The first-order valence-corrected chi connectivity index (χ1v) is 8.90. The predicted molar refractivity (Wildman–Crippen MR) is 94.0 cm³/mol. The summed E-state index contributed by atoms with van der Waals surface area (Å²) in [6, 6.07) is 3.51. The molecule has 1 aromatic rings. The SMILES string of the molecule is CC(C)C(NC(=O)NC1CCC(C(=O)O)CC1)c1ccc(Cl)cc1F. The molecule has 7 heteroatoms. The molecule has 1 saturated carbocycles. The van der Waals surface area contributed by atoms with Crippen LogP contribution in [0, 0.1) is 17.7 Å². The van der Waals surface area contributed by atoms with Gasteiger partial charge in [0.1, 0.15) is 5.82 Å². The Hall–Kier alpha value is -1.82. The zero-order valence-electron chi connectivity index (χ0n) is 14.4. The van der Waals surface area contributed by atoms with E-state index in [0.717, 1.165) is 0 Å². The van der Waals surface area contributed by atoms with Crippen molar-refractivity contribution in [2.45, 2.75) is 51.6 Å². The molecule has 2 rings (SSSR count). The maximum absolute atomic E-state index is 14.2. The number of aliphatic carboxylic acids is 1. The molecule has 138 valence electrons. The second kappa shape index (κ2) is 8.52. The minimum absolute atomic E-state index is 0.0100. The van der Waals surface area contributed by atoms with Crippen LogP contribution in [0.5, 0.6) is 0 Å². The van der Waals surface area contributed by atoms with Gasteiger partial charge >= 0.3 is 12.0 Å². The highest BCUT2D eigenvalue weighted by molar-refractivity contribution is 6.30. The first-order valence-electron chi connectivity index (χ1n) is 8.52. The van der Waals surface area contributed by atoms with Gasteiger partial charge in [-0.1, -0.05) is 31.5 Å². The van der Waals surface area contributed by atoms with Gasteiger partial charge in [0.05, 0.1) is 12.0 Å². The number of hydrogen-bond donors (Lipinski definition) is 3. The van der Waals surface area contributed by atoms with E-state index in [1.165, 1.54) is 6.07 Å². The average molecular weight is 371 g/mol. The third-order valence-electron chi connectivity index (χ3n) is 4.66. The minimum atomic E-state index is -0.777. The molecule has 0 spiro atoms. The Kier molecular flexibility index (Phi) is 6.64. The maximum atomic E-state index is 14.2. The average Bonchev–Trinajstić information content (AvgIpc) is 2.53. The van der Waals surface area contributed by atoms with Crippen molar-refractivity contribution in [3.63, 3.8) is 0 Å². The molecule has 0 heterocycles. The Morgan fingerprint density at radius 1 is 1.24 bits per heavy atom. The van der Waals surface area contributed by atoms with Crippen molar-refractivity contribution < 1.29 is 19.1 Å². The molecule has 0 aliphatic heterocycles. The summed E-state index contributed by atoms with van der Waals surface area (Å²) in [5.41, 5.74) is 0.393. The Labute approximate surface area is 151 Å². The fourth-order valence-corrected chi connectivity index (χ4v) is 3.37. The van der Waals surface area contributed by atoms with E-state index in [-0.39, 0.29) is 23.9 Å². The van der Waals surface area contributed by atoms with Crippen LogP contribution in [0.3, 0.4) is 0 Å². The van der Waals surface area contributed by atoms with Crippen molar-refractivity contribution in [2.75, 3.05) is 0 Å². The van der Waals surface area contributed by atoms with Crippen molar-refractivity contribution in [1.82, 2.24) is 10.6 Å². The number of carboxylic acids is 1. The summed E-state index contributed by atoms with van der Waals surface area (Å²) in [7, 11) is 0. The van der Waals surface area contributed by atoms with Gasteiger partial charge in [-0.05, 0) is 43.7 Å². The fourth-order valence-electron chi connectivity index (χ4n) is 3.21. The molecule has 0 radical (unpaired) electrons. The number of halogens is 2. The third kappa shape index (κ3) is 5.33. The maximum Gasteiger partial charge on any atom is 0.315 e. The molecule has 2 amide bonds. The van der Waals surface area contributed by atoms with Gasteiger partial charge < -0.3 is 15.7 Å². The van der Waals surface area contributed by atoms with Crippen LogP contribution in [0.25, 0.3) is 0 Å². The number of carboxylic acid groups (broad SMARTS) is 1. The number of rotatable bonds is 5. The summed E-state index contributed by atoms with van der Waals surface area (Å²) in [6.07, 6.45) is 2.37. The lowest BCUT2D eigenvalue weighted by atomic mass is 9.86. The van der Waals surface area contributed by atoms with Gasteiger partial charge in [-0.25, -0.2) is 9.18 Å². The highest BCUT2D eigenvalue weighted by Gasteiger charge is 2.28. The van der Waals surface area contributed by atoms with Crippen LogP contribution in [-0.4, -0.2) is 23.1 Å². The van der Waals surface area contributed by atoms with Crippen LogP contribution in [-0.2, 0) is 4.79 Å². The summed E-state index contributed by atoms with van der Waals surface area (Å²) < 4.78 is 14.2. The van der Waals surface area contributed by atoms with Crippen LogP contribution in [0.15, 0.2) is 18.2 Å². The molecule has 5 nitrogen and oxygen atoms in total. The highest BCUT2D eigenvalue weighted by Crippen LogP contribution is 2.27. The van der Waals surface area contributed by atoms with Gasteiger partial charge in [0.25, 0.3) is 0 Å². The van der Waals surface area contributed by atoms with Gasteiger partial charge in [-0.15, -0.1) is 0 Å². The third-order valence-corrected chi connectivity index (χ3v) is 4.90. The van der Waals surface area contributed by atoms with Gasteiger partial charge in [-0.3, -0.25) is 4.79 Å². The van der Waals surface area contributed by atoms with Crippen molar-refractivity contribution in [3.8, 4) is 0 Å². The molecule has 1 atom stereocenters. The van der Waals surface area contributed by atoms with Crippen molar-refractivity contribution in [2.24, 2.45) is 11.8 Å². The quantitative estimate of drug-likeness (QED) is 0.729. The minimum Gasteiger partial charge on any atom is -0.481 e. The zero-order chi connectivity index (χ0) is 18.6. The largest absolute Gasteiger partial charge is 0.481 e. The molecular weight excluding hydrogens is 347 g/mol. The van der Waals surface area contributed by atoms with Crippen LogP contribution >= 0.6 is 11.6 Å². The summed E-state index contributed by atoms with van der Waals surface area (Å²) in [4.78, 5) is 23.3. The number of nitrogens with one attached hydrogen (secondary N) is 2. The number of benzene rings is 1. The molecule has 1 fully saturated rings. The normalized spacial score (nSPS) is 21.6. The van der Waals surface area contributed by atoms with E-state index in [1.54, 1.807) is 12.1 Å². The lowest BCUT2D eigenvalue weighted by Crippen LogP contribution is -2.46. The standard InChI is InChI=1S/C18H24ClFN2O3/c1-10(2)16(14-8-5-12(19)9-15(14)20)22-18(25)21-13-6-3-11(4-7-13)17(23)24/h5,8-11,13,16H,3-4,6-7H2,1-2H3,(H,23,24)(H2,21,22,25). The number of urea groups is 1. The van der Waals surface area contributed by atoms with Crippen LogP contribution in [0.4, 0.5) is 9.18 Å². The molecule has 1 aromatic carbocycles. The molecule has 1 aliphatic carbocycles. The van der Waals surface area contributed by atoms with Crippen molar-refractivity contribution in [3.05, 3.63) is 34.6 Å². The second-order valence-electron chi connectivity index (χ2n) is 6.89. The van der Waals surface area contributed by atoms with Gasteiger partial charge in [0.15, 0.2) is 0 Å². The molecule has 0 saturated heterocycles. The van der Waals surface area contributed by atoms with Gasteiger partial charge in [-0.2, -0.15) is 0 Å². The van der Waals surface area contributed by atoms with E-state index < -0.39 is 17.8 Å².